The van der Waals surface area contributed by atoms with Gasteiger partial charge in [-0.05, 0) is 6.92 Å². The predicted molar refractivity (Wildman–Crippen MR) is 42.6 cm³/mol. The molecule has 0 aromatic heterocycles. The average molecular weight is 169 g/mol. The summed E-state index contributed by atoms with van der Waals surface area (Å²) in [6, 6.07) is 0. The van der Waals surface area contributed by atoms with Crippen molar-refractivity contribution in [3.8, 4) is 0 Å². The van der Waals surface area contributed by atoms with Crippen LogP contribution in [0.3, 0.4) is 0 Å². The van der Waals surface area contributed by atoms with E-state index in [2.05, 4.69) is 9.99 Å². The van der Waals surface area contributed by atoms with Crippen molar-refractivity contribution in [2.75, 3.05) is 0 Å². The molecule has 1 atom stereocenters. The lowest BCUT2D eigenvalue weighted by Crippen LogP contribution is -2.17. The van der Waals surface area contributed by atoms with E-state index in [1.807, 2.05) is 0 Å². The highest BCUT2D eigenvalue weighted by Gasteiger charge is 2.28. The Bertz CT molecular complexity index is 245. The molecule has 66 valence electrons. The number of rotatable bonds is 3. The van der Waals surface area contributed by atoms with Crippen LogP contribution in [-0.4, -0.2) is 17.5 Å². The van der Waals surface area contributed by atoms with Gasteiger partial charge in [0.25, 0.3) is 0 Å². The minimum atomic E-state index is -0.367. The Labute approximate surface area is 70.6 Å². The van der Waals surface area contributed by atoms with Crippen LogP contribution in [0.1, 0.15) is 26.7 Å². The van der Waals surface area contributed by atoms with Crippen molar-refractivity contribution in [3.05, 3.63) is 0 Å². The van der Waals surface area contributed by atoms with Crippen molar-refractivity contribution in [2.24, 2.45) is 11.1 Å². The number of hydrogen-bond acceptors (Lipinski definition) is 4. The smallest absolute Gasteiger partial charge is 0.318 e. The number of carbonyl (C=O) groups is 2. The van der Waals surface area contributed by atoms with Crippen molar-refractivity contribution >= 4 is 17.5 Å². The highest BCUT2D eigenvalue weighted by Crippen LogP contribution is 2.14. The van der Waals surface area contributed by atoms with Crippen molar-refractivity contribution in [1.82, 2.24) is 0 Å². The van der Waals surface area contributed by atoms with Crippen molar-refractivity contribution in [3.63, 3.8) is 0 Å². The Hall–Kier alpha value is -1.19. The SMILES string of the molecule is CCC(=O)CC1=NOC(=O)C1C. The predicted octanol–water partition coefficient (Wildman–Crippen LogP) is 0.904. The summed E-state index contributed by atoms with van der Waals surface area (Å²) in [5, 5.41) is 3.53. The van der Waals surface area contributed by atoms with E-state index in [0.717, 1.165) is 0 Å². The van der Waals surface area contributed by atoms with E-state index in [1.165, 1.54) is 0 Å². The second kappa shape index (κ2) is 3.47. The maximum absolute atomic E-state index is 11.0. The number of ketones is 1. The molecule has 0 aliphatic carbocycles. The maximum Gasteiger partial charge on any atom is 0.343 e. The number of hydrogen-bond donors (Lipinski definition) is 0. The minimum Gasteiger partial charge on any atom is -0.318 e. The second-order valence-corrected chi connectivity index (χ2v) is 2.78. The van der Waals surface area contributed by atoms with E-state index < -0.39 is 0 Å². The lowest BCUT2D eigenvalue weighted by Gasteiger charge is -1.98. The minimum absolute atomic E-state index is 0.0823. The van der Waals surface area contributed by atoms with Gasteiger partial charge in [0.1, 0.15) is 5.78 Å². The summed E-state index contributed by atoms with van der Waals surface area (Å²) in [6.45, 7) is 3.47. The van der Waals surface area contributed by atoms with E-state index in [-0.39, 0.29) is 24.1 Å². The van der Waals surface area contributed by atoms with Crippen LogP contribution in [-0.2, 0) is 14.4 Å². The van der Waals surface area contributed by atoms with Crippen LogP contribution in [0.4, 0.5) is 0 Å². The zero-order valence-electron chi connectivity index (χ0n) is 7.16. The number of Topliss-reactive ketones (excluding diaryl/α,β-unsaturated/α-hetero) is 1. The first-order chi connectivity index (χ1) is 5.65. The van der Waals surface area contributed by atoms with Crippen molar-refractivity contribution in [1.29, 1.82) is 0 Å². The van der Waals surface area contributed by atoms with Crippen molar-refractivity contribution < 1.29 is 14.4 Å². The fourth-order valence-corrected chi connectivity index (χ4v) is 0.910. The third kappa shape index (κ3) is 1.69. The van der Waals surface area contributed by atoms with E-state index >= 15 is 0 Å². The van der Waals surface area contributed by atoms with Gasteiger partial charge in [-0.15, -0.1) is 0 Å². The van der Waals surface area contributed by atoms with Crippen LogP contribution in [0.15, 0.2) is 5.16 Å². The summed E-state index contributed by atoms with van der Waals surface area (Å²) in [6.07, 6.45) is 0.712. The summed E-state index contributed by atoms with van der Waals surface area (Å²) >= 11 is 0. The molecule has 0 spiro atoms. The summed E-state index contributed by atoms with van der Waals surface area (Å²) < 4.78 is 0. The summed E-state index contributed by atoms with van der Waals surface area (Å²) in [4.78, 5) is 26.2. The molecule has 1 unspecified atom stereocenters. The van der Waals surface area contributed by atoms with Gasteiger partial charge in [-0.2, -0.15) is 0 Å². The Balaban J connectivity index is 2.54. The molecule has 0 saturated carbocycles. The van der Waals surface area contributed by atoms with Gasteiger partial charge in [0, 0.05) is 12.8 Å². The number of nitrogens with zero attached hydrogens (tertiary/aromatic N) is 1. The molecule has 0 radical (unpaired) electrons. The van der Waals surface area contributed by atoms with Crippen LogP contribution < -0.4 is 0 Å². The zero-order valence-corrected chi connectivity index (χ0v) is 7.16. The molecule has 1 aliphatic rings. The monoisotopic (exact) mass is 169 g/mol. The fraction of sp³-hybridized carbons (Fsp3) is 0.625. The number of carbonyl (C=O) groups excluding carboxylic acids is 2. The highest BCUT2D eigenvalue weighted by molar-refractivity contribution is 6.12. The Kier molecular flexibility index (Phi) is 2.58. The zero-order chi connectivity index (χ0) is 9.14. The first kappa shape index (κ1) is 8.90. The topological polar surface area (TPSA) is 55.7 Å². The van der Waals surface area contributed by atoms with Crippen molar-refractivity contribution in [2.45, 2.75) is 26.7 Å². The molecule has 0 bridgehead atoms. The second-order valence-electron chi connectivity index (χ2n) is 2.78. The molecule has 4 heteroatoms. The van der Waals surface area contributed by atoms with Gasteiger partial charge in [-0.1, -0.05) is 12.1 Å². The highest BCUT2D eigenvalue weighted by atomic mass is 16.7. The van der Waals surface area contributed by atoms with Gasteiger partial charge in [0.2, 0.25) is 0 Å². The Morgan fingerprint density at radius 1 is 1.67 bits per heavy atom. The molecule has 1 rings (SSSR count). The van der Waals surface area contributed by atoms with Crippen LogP contribution in [0.25, 0.3) is 0 Å². The summed E-state index contributed by atoms with van der Waals surface area (Å²) in [7, 11) is 0. The van der Waals surface area contributed by atoms with Gasteiger partial charge in [-0.3, -0.25) is 4.79 Å². The third-order valence-electron chi connectivity index (χ3n) is 1.88. The van der Waals surface area contributed by atoms with Gasteiger partial charge < -0.3 is 4.84 Å². The van der Waals surface area contributed by atoms with Crippen LogP contribution in [0.2, 0.25) is 0 Å². The molecule has 4 nitrogen and oxygen atoms in total. The van der Waals surface area contributed by atoms with E-state index in [9.17, 15) is 9.59 Å². The summed E-state index contributed by atoms with van der Waals surface area (Å²) in [5.41, 5.74) is 0.548. The molecule has 0 amide bonds. The Morgan fingerprint density at radius 3 is 2.75 bits per heavy atom. The Morgan fingerprint density at radius 2 is 2.33 bits per heavy atom. The van der Waals surface area contributed by atoms with Gasteiger partial charge in [0.15, 0.2) is 0 Å². The molecular weight excluding hydrogens is 158 g/mol. The van der Waals surface area contributed by atoms with E-state index in [1.54, 1.807) is 13.8 Å². The third-order valence-corrected chi connectivity index (χ3v) is 1.88. The molecule has 0 fully saturated rings. The molecule has 0 aromatic carbocycles. The van der Waals surface area contributed by atoms with Crippen LogP contribution >= 0.6 is 0 Å². The molecular formula is C8H11NO3. The maximum atomic E-state index is 11.0. The van der Waals surface area contributed by atoms with Gasteiger partial charge >= 0.3 is 5.97 Å². The molecule has 1 aliphatic heterocycles. The normalized spacial score (nSPS) is 22.0. The quantitative estimate of drug-likeness (QED) is 0.590. The van der Waals surface area contributed by atoms with E-state index in [4.69, 9.17) is 0 Å². The number of oxime groups is 1. The molecule has 0 N–H and O–H groups in total. The largest absolute Gasteiger partial charge is 0.343 e. The molecule has 0 aromatic rings. The molecule has 12 heavy (non-hydrogen) atoms. The van der Waals surface area contributed by atoms with Gasteiger partial charge in [-0.25, -0.2) is 4.79 Å². The van der Waals surface area contributed by atoms with E-state index in [0.29, 0.717) is 12.1 Å². The molecule has 0 saturated heterocycles. The first-order valence-electron chi connectivity index (χ1n) is 3.94. The first-order valence-corrected chi connectivity index (χ1v) is 3.94. The summed E-state index contributed by atoms with van der Waals surface area (Å²) in [5.74, 6) is -0.631. The standard InChI is InChI=1S/C8H11NO3/c1-3-6(10)4-7-5(2)8(11)12-9-7/h5H,3-4H2,1-2H3. The average Bonchev–Trinajstić information content (AvgIpc) is 2.36. The lowest BCUT2D eigenvalue weighted by molar-refractivity contribution is -0.142. The molecule has 1 heterocycles. The lowest BCUT2D eigenvalue weighted by atomic mass is 10.0. The van der Waals surface area contributed by atoms with Gasteiger partial charge in [0.05, 0.1) is 11.6 Å². The van der Waals surface area contributed by atoms with Crippen LogP contribution in [0, 0.1) is 5.92 Å². The van der Waals surface area contributed by atoms with Crippen LogP contribution in [0.5, 0.6) is 0 Å². The fourth-order valence-electron chi connectivity index (χ4n) is 0.910.